The molecule has 0 heterocycles. The number of hydrogen-bond donors (Lipinski definition) is 4. The Bertz CT molecular complexity index is 120. The molecule has 0 aromatic carbocycles. The topological polar surface area (TPSA) is 104 Å². The highest BCUT2D eigenvalue weighted by Gasteiger charge is 2.11. The highest BCUT2D eigenvalue weighted by atomic mass is 16.4. The van der Waals surface area contributed by atoms with Crippen LogP contribution in [0.25, 0.3) is 0 Å². The van der Waals surface area contributed by atoms with Crippen LogP contribution < -0.4 is 5.73 Å². The lowest BCUT2D eigenvalue weighted by Crippen LogP contribution is -2.31. The van der Waals surface area contributed by atoms with Crippen molar-refractivity contribution in [2.24, 2.45) is 11.7 Å². The Balaban J connectivity index is 0. The molecule has 0 unspecified atom stereocenters. The Morgan fingerprint density at radius 2 is 1.83 bits per heavy atom. The summed E-state index contributed by atoms with van der Waals surface area (Å²) in [6.45, 7) is 3.89. The van der Waals surface area contributed by atoms with Crippen molar-refractivity contribution in [3.05, 3.63) is 0 Å². The van der Waals surface area contributed by atoms with Crippen LogP contribution in [0.1, 0.15) is 20.3 Å². The zero-order valence-electron chi connectivity index (χ0n) is 7.40. The van der Waals surface area contributed by atoms with E-state index >= 15 is 0 Å². The maximum atomic E-state index is 10.1. The van der Waals surface area contributed by atoms with Gasteiger partial charge in [0.2, 0.25) is 0 Å². The molecular formula is C6H16BNO4. The lowest BCUT2D eigenvalue weighted by molar-refractivity contribution is -0.138. The van der Waals surface area contributed by atoms with Gasteiger partial charge in [0.25, 0.3) is 0 Å². The Morgan fingerprint density at radius 1 is 1.50 bits per heavy atom. The second-order valence-corrected chi connectivity index (χ2v) is 2.72. The third-order valence-corrected chi connectivity index (χ3v) is 1.04. The molecule has 0 aliphatic carbocycles. The highest BCUT2D eigenvalue weighted by molar-refractivity contribution is 6.13. The third kappa shape index (κ3) is 12.1. The Hall–Kier alpha value is -0.585. The van der Waals surface area contributed by atoms with E-state index in [9.17, 15) is 4.79 Å². The molecule has 0 rings (SSSR count). The first-order valence-electron chi connectivity index (χ1n) is 3.65. The van der Waals surface area contributed by atoms with Crippen LogP contribution in [0.2, 0.25) is 0 Å². The maximum absolute atomic E-state index is 10.1. The molecule has 0 aromatic heterocycles. The predicted octanol–water partition coefficient (Wildman–Crippen LogP) is -1.32. The molecule has 1 atom stereocenters. The number of rotatable bonds is 3. The summed E-state index contributed by atoms with van der Waals surface area (Å²) in [5, 5.41) is 22.6. The Labute approximate surface area is 72.5 Å². The summed E-state index contributed by atoms with van der Waals surface area (Å²) in [5.41, 5.74) is 5.22. The second kappa shape index (κ2) is 8.51. The van der Waals surface area contributed by atoms with E-state index < -0.39 is 19.7 Å². The summed E-state index contributed by atoms with van der Waals surface area (Å²) < 4.78 is 0. The molecule has 5 N–H and O–H groups in total. The molecule has 0 radical (unpaired) electrons. The zero-order chi connectivity index (χ0) is 10.1. The van der Waals surface area contributed by atoms with Crippen molar-refractivity contribution in [2.45, 2.75) is 26.3 Å². The van der Waals surface area contributed by atoms with Gasteiger partial charge in [0.15, 0.2) is 0 Å². The second-order valence-electron chi connectivity index (χ2n) is 2.72. The van der Waals surface area contributed by atoms with Gasteiger partial charge < -0.3 is 20.9 Å². The normalized spacial score (nSPS) is 11.5. The fourth-order valence-electron chi connectivity index (χ4n) is 0.609. The van der Waals surface area contributed by atoms with Gasteiger partial charge in [-0.25, -0.2) is 0 Å². The van der Waals surface area contributed by atoms with E-state index in [1.807, 2.05) is 13.8 Å². The fourth-order valence-corrected chi connectivity index (χ4v) is 0.609. The predicted molar refractivity (Wildman–Crippen MR) is 46.7 cm³/mol. The molecular weight excluding hydrogens is 161 g/mol. The van der Waals surface area contributed by atoms with Gasteiger partial charge in [-0.15, -0.1) is 0 Å². The standard InChI is InChI=1S/C6H13NO2.BH3O2/c1-4(2)3-5(7)6(8)9;2-1-3/h4-5H,3,7H2,1-2H3,(H,8,9);1-3H/t5-;/m0./s1. The maximum Gasteiger partial charge on any atom is 0.432 e. The molecule has 0 aromatic rings. The largest absolute Gasteiger partial charge is 0.480 e. The molecule has 12 heavy (non-hydrogen) atoms. The highest BCUT2D eigenvalue weighted by Crippen LogP contribution is 2.01. The van der Waals surface area contributed by atoms with Gasteiger partial charge in [-0.1, -0.05) is 13.8 Å². The minimum atomic E-state index is -0.913. The molecule has 0 aliphatic heterocycles. The van der Waals surface area contributed by atoms with Crippen molar-refractivity contribution in [3.8, 4) is 0 Å². The van der Waals surface area contributed by atoms with Crippen molar-refractivity contribution in [1.29, 1.82) is 0 Å². The van der Waals surface area contributed by atoms with Gasteiger partial charge in [-0.05, 0) is 12.3 Å². The smallest absolute Gasteiger partial charge is 0.432 e. The van der Waals surface area contributed by atoms with Gasteiger partial charge in [0.1, 0.15) is 6.04 Å². The monoisotopic (exact) mass is 177 g/mol. The fraction of sp³-hybridized carbons (Fsp3) is 0.833. The van der Waals surface area contributed by atoms with Crippen LogP contribution in [0.4, 0.5) is 0 Å². The molecule has 0 saturated heterocycles. The molecule has 72 valence electrons. The Kier molecular flexibility index (Phi) is 9.91. The van der Waals surface area contributed by atoms with Crippen molar-refractivity contribution in [3.63, 3.8) is 0 Å². The zero-order valence-corrected chi connectivity index (χ0v) is 7.40. The molecule has 6 heteroatoms. The van der Waals surface area contributed by atoms with E-state index in [1.165, 1.54) is 0 Å². The summed E-state index contributed by atoms with van der Waals surface area (Å²) >= 11 is 0. The Morgan fingerprint density at radius 3 is 1.92 bits per heavy atom. The number of hydrogen-bond acceptors (Lipinski definition) is 4. The summed E-state index contributed by atoms with van der Waals surface area (Å²) in [5.74, 6) is -0.556. The summed E-state index contributed by atoms with van der Waals surface area (Å²) in [6, 6.07) is -0.690. The van der Waals surface area contributed by atoms with Crippen molar-refractivity contribution in [1.82, 2.24) is 0 Å². The van der Waals surface area contributed by atoms with Crippen LogP contribution in [0.15, 0.2) is 0 Å². The molecule has 0 amide bonds. The number of carboxylic acid groups (broad SMARTS) is 1. The van der Waals surface area contributed by atoms with Gasteiger partial charge in [0.05, 0.1) is 0 Å². The van der Waals surface area contributed by atoms with Crippen LogP contribution >= 0.6 is 0 Å². The van der Waals surface area contributed by atoms with Crippen LogP contribution in [-0.4, -0.2) is 34.9 Å². The molecule has 0 spiro atoms. The number of carboxylic acids is 1. The van der Waals surface area contributed by atoms with Crippen LogP contribution in [-0.2, 0) is 4.79 Å². The van der Waals surface area contributed by atoms with Gasteiger partial charge in [-0.3, -0.25) is 4.79 Å². The minimum Gasteiger partial charge on any atom is -0.480 e. The quantitative estimate of drug-likeness (QED) is 0.400. The number of carbonyl (C=O) groups is 1. The van der Waals surface area contributed by atoms with Crippen LogP contribution in [0.5, 0.6) is 0 Å². The average Bonchev–Trinajstić information content (AvgIpc) is 1.87. The SMILES string of the molecule is CC(C)C[C@H](N)C(=O)O.OBO. The van der Waals surface area contributed by atoms with Gasteiger partial charge >= 0.3 is 13.7 Å². The minimum absolute atomic E-state index is 0.357. The first kappa shape index (κ1) is 14.0. The molecule has 0 fully saturated rings. The van der Waals surface area contributed by atoms with Crippen LogP contribution in [0, 0.1) is 5.92 Å². The van der Waals surface area contributed by atoms with Crippen molar-refractivity contribution < 1.29 is 19.9 Å². The van der Waals surface area contributed by atoms with E-state index in [1.54, 1.807) is 0 Å². The van der Waals surface area contributed by atoms with E-state index in [-0.39, 0.29) is 0 Å². The number of nitrogens with two attached hydrogens (primary N) is 1. The third-order valence-electron chi connectivity index (χ3n) is 1.04. The first-order chi connectivity index (χ1) is 5.45. The lowest BCUT2D eigenvalue weighted by atomic mass is 10.1. The van der Waals surface area contributed by atoms with Crippen molar-refractivity contribution in [2.75, 3.05) is 0 Å². The van der Waals surface area contributed by atoms with Gasteiger partial charge in [0, 0.05) is 0 Å². The summed E-state index contributed by atoms with van der Waals surface area (Å²) in [4.78, 5) is 10.1. The molecule has 0 saturated carbocycles. The molecule has 0 aliphatic rings. The van der Waals surface area contributed by atoms with E-state index in [4.69, 9.17) is 20.9 Å². The summed E-state index contributed by atoms with van der Waals surface area (Å²) in [7, 11) is -0.750. The van der Waals surface area contributed by atoms with E-state index in [2.05, 4.69) is 0 Å². The lowest BCUT2D eigenvalue weighted by Gasteiger charge is -2.07. The number of aliphatic carboxylic acids is 1. The first-order valence-corrected chi connectivity index (χ1v) is 3.65. The molecule has 0 bridgehead atoms. The summed E-state index contributed by atoms with van der Waals surface area (Å²) in [6.07, 6.45) is 0.551. The van der Waals surface area contributed by atoms with Gasteiger partial charge in [-0.2, -0.15) is 0 Å². The van der Waals surface area contributed by atoms with E-state index in [0.29, 0.717) is 12.3 Å². The van der Waals surface area contributed by atoms with E-state index in [0.717, 1.165) is 0 Å². The average molecular weight is 177 g/mol. The molecule has 5 nitrogen and oxygen atoms in total. The van der Waals surface area contributed by atoms with Crippen molar-refractivity contribution >= 4 is 13.7 Å². The van der Waals surface area contributed by atoms with Crippen LogP contribution in [0.3, 0.4) is 0 Å².